The topological polar surface area (TPSA) is 71.5 Å². The normalized spacial score (nSPS) is 16.5. The molecule has 1 unspecified atom stereocenters. The summed E-state index contributed by atoms with van der Waals surface area (Å²) >= 11 is 0. The Kier molecular flexibility index (Phi) is 6.63. The Morgan fingerprint density at radius 2 is 1.93 bits per heavy atom. The number of amides is 2. The van der Waals surface area contributed by atoms with Gasteiger partial charge in [-0.15, -0.1) is 0 Å². The average Bonchev–Trinajstić information content (AvgIpc) is 2.77. The van der Waals surface area contributed by atoms with Crippen molar-refractivity contribution in [2.24, 2.45) is 0 Å². The molecule has 1 N–H and O–H groups in total. The molecule has 28 heavy (non-hydrogen) atoms. The summed E-state index contributed by atoms with van der Waals surface area (Å²) in [5.41, 5.74) is 1.45. The standard InChI is InChI=1S/C22H27N3O3/c1-3-17-10-6-7-14-25(17)22(27)19-12-8-11-18(24-19)21(26)23-15-16-9-4-5-13-20(16)28-2/h4-5,8-9,11-13,17H,3,6-7,10,14-15H2,1-2H3,(H,23,26). The van der Waals surface area contributed by atoms with E-state index in [2.05, 4.69) is 17.2 Å². The van der Waals surface area contributed by atoms with E-state index in [0.717, 1.165) is 43.5 Å². The van der Waals surface area contributed by atoms with Gasteiger partial charge in [0, 0.05) is 24.7 Å². The Bertz CT molecular complexity index is 837. The van der Waals surface area contributed by atoms with Crippen molar-refractivity contribution in [1.29, 1.82) is 0 Å². The first-order chi connectivity index (χ1) is 13.6. The number of carbonyl (C=O) groups is 2. The van der Waals surface area contributed by atoms with Crippen molar-refractivity contribution in [2.45, 2.75) is 45.2 Å². The first-order valence-corrected chi connectivity index (χ1v) is 9.82. The molecule has 0 saturated carbocycles. The van der Waals surface area contributed by atoms with E-state index in [1.54, 1.807) is 25.3 Å². The summed E-state index contributed by atoms with van der Waals surface area (Å²) in [5.74, 6) is 0.313. The predicted molar refractivity (Wildman–Crippen MR) is 107 cm³/mol. The number of methoxy groups -OCH3 is 1. The lowest BCUT2D eigenvalue weighted by atomic mass is 9.99. The van der Waals surface area contributed by atoms with Gasteiger partial charge in [0.1, 0.15) is 17.1 Å². The Balaban J connectivity index is 1.70. The average molecular weight is 381 g/mol. The summed E-state index contributed by atoms with van der Waals surface area (Å²) < 4.78 is 5.30. The molecule has 0 spiro atoms. The maximum Gasteiger partial charge on any atom is 0.272 e. The molecule has 6 nitrogen and oxygen atoms in total. The number of nitrogens with one attached hydrogen (secondary N) is 1. The highest BCUT2D eigenvalue weighted by Crippen LogP contribution is 2.21. The van der Waals surface area contributed by atoms with Crippen molar-refractivity contribution in [2.75, 3.05) is 13.7 Å². The van der Waals surface area contributed by atoms with Gasteiger partial charge in [-0.25, -0.2) is 4.98 Å². The lowest BCUT2D eigenvalue weighted by Gasteiger charge is -2.35. The van der Waals surface area contributed by atoms with E-state index >= 15 is 0 Å². The van der Waals surface area contributed by atoms with Crippen molar-refractivity contribution in [3.8, 4) is 5.75 Å². The highest BCUT2D eigenvalue weighted by Gasteiger charge is 2.27. The molecule has 1 saturated heterocycles. The third-order valence-electron chi connectivity index (χ3n) is 5.19. The van der Waals surface area contributed by atoms with Crippen LogP contribution < -0.4 is 10.1 Å². The molecule has 1 aliphatic heterocycles. The molecule has 1 aromatic heterocycles. The van der Waals surface area contributed by atoms with Crippen LogP contribution >= 0.6 is 0 Å². The highest BCUT2D eigenvalue weighted by atomic mass is 16.5. The fourth-order valence-electron chi connectivity index (χ4n) is 3.63. The molecule has 3 rings (SSSR count). The number of nitrogens with zero attached hydrogens (tertiary/aromatic N) is 2. The van der Waals surface area contributed by atoms with E-state index < -0.39 is 0 Å². The lowest BCUT2D eigenvalue weighted by molar-refractivity contribution is 0.0602. The Morgan fingerprint density at radius 1 is 1.14 bits per heavy atom. The van der Waals surface area contributed by atoms with Crippen LogP contribution in [0.2, 0.25) is 0 Å². The first kappa shape index (κ1) is 19.9. The smallest absolute Gasteiger partial charge is 0.272 e. The summed E-state index contributed by atoms with van der Waals surface area (Å²) in [6.07, 6.45) is 4.13. The lowest BCUT2D eigenvalue weighted by Crippen LogP contribution is -2.43. The molecule has 2 aromatic rings. The van der Waals surface area contributed by atoms with Crippen LogP contribution in [0.1, 0.15) is 59.1 Å². The molecule has 0 bridgehead atoms. The van der Waals surface area contributed by atoms with Crippen LogP contribution in [0.3, 0.4) is 0 Å². The highest BCUT2D eigenvalue weighted by molar-refractivity contribution is 5.96. The Labute approximate surface area is 165 Å². The summed E-state index contributed by atoms with van der Waals surface area (Å²) in [6, 6.07) is 12.8. The predicted octanol–water partition coefficient (Wildman–Crippen LogP) is 3.42. The molecule has 0 radical (unpaired) electrons. The summed E-state index contributed by atoms with van der Waals surface area (Å²) in [4.78, 5) is 31.7. The van der Waals surface area contributed by atoms with Gasteiger partial charge in [-0.1, -0.05) is 31.2 Å². The van der Waals surface area contributed by atoms with Crippen LogP contribution in [0.5, 0.6) is 5.75 Å². The molecule has 148 valence electrons. The number of piperidine rings is 1. The van der Waals surface area contributed by atoms with Crippen molar-refractivity contribution >= 4 is 11.8 Å². The van der Waals surface area contributed by atoms with Gasteiger partial charge in [-0.05, 0) is 43.9 Å². The number of likely N-dealkylation sites (tertiary alicyclic amines) is 1. The number of aromatic nitrogens is 1. The number of benzene rings is 1. The van der Waals surface area contributed by atoms with Crippen LogP contribution in [0.4, 0.5) is 0 Å². The molecule has 1 aliphatic rings. The zero-order valence-corrected chi connectivity index (χ0v) is 16.5. The van der Waals surface area contributed by atoms with E-state index in [1.807, 2.05) is 29.2 Å². The number of hydrogen-bond donors (Lipinski definition) is 1. The van der Waals surface area contributed by atoms with Crippen LogP contribution in [-0.2, 0) is 6.54 Å². The maximum absolute atomic E-state index is 12.9. The number of para-hydroxylation sites is 1. The summed E-state index contributed by atoms with van der Waals surface area (Å²) in [5, 5.41) is 2.85. The van der Waals surface area contributed by atoms with E-state index in [9.17, 15) is 9.59 Å². The second-order valence-electron chi connectivity index (χ2n) is 6.96. The number of pyridine rings is 1. The monoisotopic (exact) mass is 381 g/mol. The third kappa shape index (κ3) is 4.50. The number of rotatable bonds is 6. The SMILES string of the molecule is CCC1CCCCN1C(=O)c1cccc(C(=O)NCc2ccccc2OC)n1. The van der Waals surface area contributed by atoms with Gasteiger partial charge in [0.25, 0.3) is 11.8 Å². The van der Waals surface area contributed by atoms with Crippen LogP contribution in [0.25, 0.3) is 0 Å². The second-order valence-corrected chi connectivity index (χ2v) is 6.96. The van der Waals surface area contributed by atoms with E-state index in [-0.39, 0.29) is 23.6 Å². The first-order valence-electron chi connectivity index (χ1n) is 9.82. The second kappa shape index (κ2) is 9.35. The molecule has 0 aliphatic carbocycles. The maximum atomic E-state index is 12.9. The summed E-state index contributed by atoms with van der Waals surface area (Å²) in [7, 11) is 1.60. The zero-order chi connectivity index (χ0) is 19.9. The van der Waals surface area contributed by atoms with Gasteiger partial charge >= 0.3 is 0 Å². The van der Waals surface area contributed by atoms with Gasteiger partial charge in [-0.3, -0.25) is 9.59 Å². The van der Waals surface area contributed by atoms with Crippen LogP contribution in [-0.4, -0.2) is 41.4 Å². The molecule has 2 heterocycles. The van der Waals surface area contributed by atoms with Gasteiger partial charge in [0.15, 0.2) is 0 Å². The minimum Gasteiger partial charge on any atom is -0.496 e. The minimum absolute atomic E-state index is 0.0917. The van der Waals surface area contributed by atoms with Crippen molar-refractivity contribution in [1.82, 2.24) is 15.2 Å². The Hall–Kier alpha value is -2.89. The van der Waals surface area contributed by atoms with E-state index in [0.29, 0.717) is 12.2 Å². The fourth-order valence-corrected chi connectivity index (χ4v) is 3.63. The van der Waals surface area contributed by atoms with Gasteiger partial charge in [0.05, 0.1) is 7.11 Å². The van der Waals surface area contributed by atoms with Gasteiger partial charge in [-0.2, -0.15) is 0 Å². The zero-order valence-electron chi connectivity index (χ0n) is 16.5. The van der Waals surface area contributed by atoms with Crippen molar-refractivity contribution in [3.63, 3.8) is 0 Å². The Morgan fingerprint density at radius 3 is 2.71 bits per heavy atom. The van der Waals surface area contributed by atoms with E-state index in [1.165, 1.54) is 0 Å². The molecule has 1 aromatic carbocycles. The molecule has 1 fully saturated rings. The number of hydrogen-bond acceptors (Lipinski definition) is 4. The quantitative estimate of drug-likeness (QED) is 0.832. The molecule has 2 amide bonds. The summed E-state index contributed by atoms with van der Waals surface area (Å²) in [6.45, 7) is 3.18. The van der Waals surface area contributed by atoms with Gasteiger partial charge in [0.2, 0.25) is 0 Å². The molecule has 6 heteroatoms. The number of carbonyl (C=O) groups excluding carboxylic acids is 2. The molecular formula is C22H27N3O3. The van der Waals surface area contributed by atoms with E-state index in [4.69, 9.17) is 4.74 Å². The van der Waals surface area contributed by atoms with Crippen molar-refractivity contribution < 1.29 is 14.3 Å². The molecule has 1 atom stereocenters. The third-order valence-corrected chi connectivity index (χ3v) is 5.19. The number of ether oxygens (including phenoxy) is 1. The van der Waals surface area contributed by atoms with Gasteiger partial charge < -0.3 is 15.0 Å². The fraction of sp³-hybridized carbons (Fsp3) is 0.409. The van der Waals surface area contributed by atoms with Crippen LogP contribution in [0, 0.1) is 0 Å². The largest absolute Gasteiger partial charge is 0.496 e. The van der Waals surface area contributed by atoms with Crippen molar-refractivity contribution in [3.05, 3.63) is 59.4 Å². The molecular weight excluding hydrogens is 354 g/mol. The minimum atomic E-state index is -0.314. The van der Waals surface area contributed by atoms with Crippen LogP contribution in [0.15, 0.2) is 42.5 Å².